The van der Waals surface area contributed by atoms with E-state index in [-0.39, 0.29) is 53.6 Å². The zero-order valence-corrected chi connectivity index (χ0v) is 14.1. The molecule has 0 heterocycles. The van der Waals surface area contributed by atoms with Gasteiger partial charge in [0.05, 0.1) is 28.7 Å². The van der Waals surface area contributed by atoms with Crippen molar-refractivity contribution in [2.24, 2.45) is 0 Å². The molecule has 9 heteroatoms. The Balaban J connectivity index is 0.00000400. The van der Waals surface area contributed by atoms with Gasteiger partial charge in [-0.2, -0.15) is 0 Å². The number of anilines is 1. The average Bonchev–Trinajstić information content (AvgIpc) is 2.31. The largest absolute Gasteiger partial charge is 0.481 e. The molecular weight excluding hydrogens is 362 g/mol. The smallest absolute Gasteiger partial charge is 0.304 e. The van der Waals surface area contributed by atoms with Crippen molar-refractivity contribution in [1.82, 2.24) is 4.90 Å². The molecule has 118 valence electrons. The van der Waals surface area contributed by atoms with E-state index in [1.165, 1.54) is 12.1 Å². The highest BCUT2D eigenvalue weighted by Crippen LogP contribution is 2.33. The lowest BCUT2D eigenvalue weighted by Crippen LogP contribution is -2.31. The lowest BCUT2D eigenvalue weighted by atomic mass is 10.3. The van der Waals surface area contributed by atoms with Crippen LogP contribution in [0.1, 0.15) is 6.42 Å². The Labute approximate surface area is 143 Å². The SMILES string of the molecule is CN(CCC(=O)O)CC(=O)Nc1c(Cl)cc(Cl)cc1Cl.Cl. The summed E-state index contributed by atoms with van der Waals surface area (Å²) in [6.45, 7) is 0.299. The van der Waals surface area contributed by atoms with Crippen molar-refractivity contribution in [3.05, 3.63) is 27.2 Å². The fourth-order valence-corrected chi connectivity index (χ4v) is 2.36. The van der Waals surface area contributed by atoms with Gasteiger partial charge in [0, 0.05) is 11.6 Å². The number of benzene rings is 1. The van der Waals surface area contributed by atoms with Gasteiger partial charge in [-0.1, -0.05) is 34.8 Å². The predicted octanol–water partition coefficient (Wildman–Crippen LogP) is 3.41. The number of nitrogens with zero attached hydrogens (tertiary/aromatic N) is 1. The van der Waals surface area contributed by atoms with Gasteiger partial charge in [-0.05, 0) is 19.2 Å². The highest BCUT2D eigenvalue weighted by molar-refractivity contribution is 6.42. The molecule has 0 unspecified atom stereocenters. The first-order valence-corrected chi connectivity index (χ1v) is 6.77. The van der Waals surface area contributed by atoms with Crippen LogP contribution in [0, 0.1) is 0 Å². The van der Waals surface area contributed by atoms with Crippen molar-refractivity contribution < 1.29 is 14.7 Å². The summed E-state index contributed by atoms with van der Waals surface area (Å²) in [5.41, 5.74) is 0.286. The Morgan fingerprint density at radius 3 is 2.24 bits per heavy atom. The molecule has 0 aliphatic carbocycles. The molecule has 0 aliphatic rings. The summed E-state index contributed by atoms with van der Waals surface area (Å²) in [7, 11) is 1.65. The maximum atomic E-state index is 11.8. The van der Waals surface area contributed by atoms with Crippen LogP contribution in [0.3, 0.4) is 0 Å². The van der Waals surface area contributed by atoms with E-state index in [2.05, 4.69) is 5.32 Å². The third-order valence-electron chi connectivity index (χ3n) is 2.39. The number of nitrogens with one attached hydrogen (secondary N) is 1. The first kappa shape index (κ1) is 20.3. The van der Waals surface area contributed by atoms with E-state index < -0.39 is 5.97 Å². The van der Waals surface area contributed by atoms with E-state index in [0.717, 1.165) is 0 Å². The topological polar surface area (TPSA) is 69.6 Å². The minimum Gasteiger partial charge on any atom is -0.481 e. The summed E-state index contributed by atoms with van der Waals surface area (Å²) in [5, 5.41) is 12.0. The summed E-state index contributed by atoms with van der Waals surface area (Å²) in [6.07, 6.45) is -0.0355. The van der Waals surface area contributed by atoms with Gasteiger partial charge in [-0.15, -0.1) is 12.4 Å². The molecule has 1 rings (SSSR count). The van der Waals surface area contributed by atoms with E-state index in [9.17, 15) is 9.59 Å². The van der Waals surface area contributed by atoms with Gasteiger partial charge in [0.25, 0.3) is 0 Å². The highest BCUT2D eigenvalue weighted by atomic mass is 35.5. The van der Waals surface area contributed by atoms with Crippen LogP contribution < -0.4 is 5.32 Å². The summed E-state index contributed by atoms with van der Waals surface area (Å²) in [4.78, 5) is 23.8. The van der Waals surface area contributed by atoms with Crippen molar-refractivity contribution in [3.63, 3.8) is 0 Å². The van der Waals surface area contributed by atoms with Crippen LogP contribution in [0.5, 0.6) is 0 Å². The first-order chi connectivity index (χ1) is 9.29. The highest BCUT2D eigenvalue weighted by Gasteiger charge is 2.13. The van der Waals surface area contributed by atoms with Gasteiger partial charge in [-0.3, -0.25) is 14.5 Å². The second-order valence-electron chi connectivity index (χ2n) is 4.17. The quantitative estimate of drug-likeness (QED) is 0.799. The number of aliphatic carboxylic acids is 1. The molecule has 0 aliphatic heterocycles. The van der Waals surface area contributed by atoms with Crippen molar-refractivity contribution in [2.45, 2.75) is 6.42 Å². The van der Waals surface area contributed by atoms with Crippen LogP contribution in [0.15, 0.2) is 12.1 Å². The van der Waals surface area contributed by atoms with Crippen LogP contribution in [0.4, 0.5) is 5.69 Å². The summed E-state index contributed by atoms with van der Waals surface area (Å²) >= 11 is 17.7. The fourth-order valence-electron chi connectivity index (χ4n) is 1.45. The minimum atomic E-state index is -0.916. The number of hydrogen-bond donors (Lipinski definition) is 2. The van der Waals surface area contributed by atoms with E-state index in [0.29, 0.717) is 5.02 Å². The molecule has 0 saturated heterocycles. The van der Waals surface area contributed by atoms with E-state index >= 15 is 0 Å². The third kappa shape index (κ3) is 7.20. The zero-order chi connectivity index (χ0) is 15.3. The molecule has 0 radical (unpaired) electrons. The molecule has 5 nitrogen and oxygen atoms in total. The second kappa shape index (κ2) is 9.33. The van der Waals surface area contributed by atoms with Gasteiger partial charge in [0.15, 0.2) is 0 Å². The second-order valence-corrected chi connectivity index (χ2v) is 5.42. The van der Waals surface area contributed by atoms with Crippen LogP contribution in [0.2, 0.25) is 15.1 Å². The van der Waals surface area contributed by atoms with Crippen LogP contribution in [0.25, 0.3) is 0 Å². The molecule has 1 aromatic rings. The Kier molecular flexibility index (Phi) is 9.01. The zero-order valence-electron chi connectivity index (χ0n) is 11.0. The number of carbonyl (C=O) groups excluding carboxylic acids is 1. The molecule has 0 fully saturated rings. The first-order valence-electron chi connectivity index (χ1n) is 5.64. The van der Waals surface area contributed by atoms with Crippen molar-refractivity contribution in [1.29, 1.82) is 0 Å². The Hall–Kier alpha value is -0.720. The van der Waals surface area contributed by atoms with E-state index in [1.807, 2.05) is 0 Å². The summed E-state index contributed by atoms with van der Waals surface area (Å²) in [5.74, 6) is -1.26. The van der Waals surface area contributed by atoms with Crippen molar-refractivity contribution in [2.75, 3.05) is 25.5 Å². The number of amides is 1. The average molecular weight is 376 g/mol. The summed E-state index contributed by atoms with van der Waals surface area (Å²) in [6, 6.07) is 2.94. The number of rotatable bonds is 6. The van der Waals surface area contributed by atoms with E-state index in [4.69, 9.17) is 39.9 Å². The summed E-state index contributed by atoms with van der Waals surface area (Å²) < 4.78 is 0. The molecule has 0 aromatic heterocycles. The van der Waals surface area contributed by atoms with Crippen LogP contribution in [-0.4, -0.2) is 42.0 Å². The van der Waals surface area contributed by atoms with Gasteiger partial charge in [-0.25, -0.2) is 0 Å². The molecule has 2 N–H and O–H groups in total. The maximum absolute atomic E-state index is 11.8. The lowest BCUT2D eigenvalue weighted by molar-refractivity contribution is -0.137. The van der Waals surface area contributed by atoms with Gasteiger partial charge >= 0.3 is 5.97 Å². The van der Waals surface area contributed by atoms with Gasteiger partial charge < -0.3 is 10.4 Å². The fraction of sp³-hybridized carbons (Fsp3) is 0.333. The number of carboxylic acid groups (broad SMARTS) is 1. The molecule has 0 saturated carbocycles. The predicted molar refractivity (Wildman–Crippen MR) is 87.1 cm³/mol. The van der Waals surface area contributed by atoms with Crippen molar-refractivity contribution in [3.8, 4) is 0 Å². The number of hydrogen-bond acceptors (Lipinski definition) is 3. The Bertz CT molecular complexity index is 502. The molecule has 1 amide bonds. The maximum Gasteiger partial charge on any atom is 0.304 e. The third-order valence-corrected chi connectivity index (χ3v) is 3.21. The Morgan fingerprint density at radius 2 is 1.76 bits per heavy atom. The van der Waals surface area contributed by atoms with E-state index in [1.54, 1.807) is 11.9 Å². The number of halogens is 4. The van der Waals surface area contributed by atoms with Crippen LogP contribution in [-0.2, 0) is 9.59 Å². The molecule has 0 spiro atoms. The molecule has 0 bridgehead atoms. The number of carbonyl (C=O) groups is 2. The number of carboxylic acids is 1. The monoisotopic (exact) mass is 374 g/mol. The van der Waals surface area contributed by atoms with Gasteiger partial charge in [0.1, 0.15) is 0 Å². The number of likely N-dealkylation sites (N-methyl/N-ethyl adjacent to an activating group) is 1. The lowest BCUT2D eigenvalue weighted by Gasteiger charge is -2.16. The van der Waals surface area contributed by atoms with Gasteiger partial charge in [0.2, 0.25) is 5.91 Å². The Morgan fingerprint density at radius 1 is 1.24 bits per heavy atom. The standard InChI is InChI=1S/C12H13Cl3N2O3.ClH/c1-17(3-2-11(19)20)6-10(18)16-12-8(14)4-7(13)5-9(12)15;/h4-5H,2-3,6H2,1H3,(H,16,18)(H,19,20);1H. The molecule has 21 heavy (non-hydrogen) atoms. The van der Waals surface area contributed by atoms with Crippen molar-refractivity contribution >= 4 is 64.8 Å². The van der Waals surface area contributed by atoms with Crippen LogP contribution >= 0.6 is 47.2 Å². The molecular formula is C12H14Cl4N2O3. The minimum absolute atomic E-state index is 0. The molecule has 1 aromatic carbocycles. The normalized spacial score (nSPS) is 10.1. The molecule has 0 atom stereocenters.